The highest BCUT2D eigenvalue weighted by atomic mass is 35.5. The van der Waals surface area contributed by atoms with Crippen LogP contribution in [0.25, 0.3) is 0 Å². The summed E-state index contributed by atoms with van der Waals surface area (Å²) < 4.78 is 11.1. The van der Waals surface area contributed by atoms with Crippen molar-refractivity contribution < 1.29 is 9.47 Å². The molecule has 0 aliphatic rings. The second kappa shape index (κ2) is 5.95. The Kier molecular flexibility index (Phi) is 4.30. The van der Waals surface area contributed by atoms with Gasteiger partial charge in [0.05, 0.1) is 7.11 Å². The topological polar surface area (TPSA) is 44.5 Å². The largest absolute Gasteiger partial charge is 0.493 e. The molecule has 2 aromatic carbocycles. The summed E-state index contributed by atoms with van der Waals surface area (Å²) in [5, 5.41) is 0.603. The molecule has 0 amide bonds. The Morgan fingerprint density at radius 2 is 1.89 bits per heavy atom. The molecule has 0 saturated carbocycles. The molecule has 2 N–H and O–H groups in total. The molecule has 3 nitrogen and oxygen atoms in total. The summed E-state index contributed by atoms with van der Waals surface area (Å²) in [7, 11) is 1.62. The Bertz CT molecular complexity index is 584. The lowest BCUT2D eigenvalue weighted by Crippen LogP contribution is -1.97. The van der Waals surface area contributed by atoms with Gasteiger partial charge in [-0.15, -0.1) is 0 Å². The predicted octanol–water partition coefficient (Wildman–Crippen LogP) is 3.91. The Morgan fingerprint density at radius 3 is 2.53 bits per heavy atom. The first-order valence-corrected chi connectivity index (χ1v) is 6.33. The molecule has 0 aliphatic carbocycles. The van der Waals surface area contributed by atoms with Gasteiger partial charge in [0.2, 0.25) is 0 Å². The van der Waals surface area contributed by atoms with E-state index in [0.29, 0.717) is 28.8 Å². The van der Waals surface area contributed by atoms with Gasteiger partial charge in [0.15, 0.2) is 11.5 Å². The predicted molar refractivity (Wildman–Crippen MR) is 77.1 cm³/mol. The third kappa shape index (κ3) is 3.19. The zero-order valence-corrected chi connectivity index (χ0v) is 11.7. The van der Waals surface area contributed by atoms with Crippen LogP contribution in [0.2, 0.25) is 5.02 Å². The molecule has 4 heteroatoms. The summed E-state index contributed by atoms with van der Waals surface area (Å²) in [5.74, 6) is 2.01. The van der Waals surface area contributed by atoms with Crippen molar-refractivity contribution in [2.75, 3.05) is 7.11 Å². The molecule has 0 aliphatic heterocycles. The number of halogens is 1. The number of hydrogen-bond donors (Lipinski definition) is 1. The average Bonchev–Trinajstić information content (AvgIpc) is 2.41. The summed E-state index contributed by atoms with van der Waals surface area (Å²) >= 11 is 6.10. The first kappa shape index (κ1) is 13.7. The van der Waals surface area contributed by atoms with Crippen LogP contribution in [-0.4, -0.2) is 7.11 Å². The maximum Gasteiger partial charge on any atom is 0.169 e. The van der Waals surface area contributed by atoms with Crippen molar-refractivity contribution in [3.8, 4) is 17.2 Å². The number of benzene rings is 2. The van der Waals surface area contributed by atoms with Crippen LogP contribution >= 0.6 is 11.6 Å². The first-order chi connectivity index (χ1) is 9.13. The molecule has 19 heavy (non-hydrogen) atoms. The Hall–Kier alpha value is -1.71. The van der Waals surface area contributed by atoms with Crippen LogP contribution in [-0.2, 0) is 6.54 Å². The molecule has 0 saturated heterocycles. The fraction of sp³-hybridized carbons (Fsp3) is 0.200. The van der Waals surface area contributed by atoms with E-state index in [-0.39, 0.29) is 0 Å². The van der Waals surface area contributed by atoms with Gasteiger partial charge in [-0.25, -0.2) is 0 Å². The summed E-state index contributed by atoms with van der Waals surface area (Å²) in [5.41, 5.74) is 7.58. The van der Waals surface area contributed by atoms with Crippen LogP contribution in [0.15, 0.2) is 36.4 Å². The molecule has 0 bridgehead atoms. The highest BCUT2D eigenvalue weighted by Gasteiger charge is 2.07. The molecule has 100 valence electrons. The minimum Gasteiger partial charge on any atom is -0.493 e. The zero-order valence-electron chi connectivity index (χ0n) is 10.9. The number of aryl methyl sites for hydroxylation is 1. The van der Waals surface area contributed by atoms with E-state index in [2.05, 4.69) is 0 Å². The molecule has 2 rings (SSSR count). The number of rotatable bonds is 4. The van der Waals surface area contributed by atoms with E-state index in [4.69, 9.17) is 26.8 Å². The van der Waals surface area contributed by atoms with Crippen LogP contribution in [0.3, 0.4) is 0 Å². The fourth-order valence-corrected chi connectivity index (χ4v) is 1.99. The van der Waals surface area contributed by atoms with Gasteiger partial charge in [-0.05, 0) is 42.3 Å². The van der Waals surface area contributed by atoms with Gasteiger partial charge >= 0.3 is 0 Å². The highest BCUT2D eigenvalue weighted by Crippen LogP contribution is 2.33. The second-order valence-electron chi connectivity index (χ2n) is 4.21. The van der Waals surface area contributed by atoms with E-state index in [1.165, 1.54) is 0 Å². The van der Waals surface area contributed by atoms with Gasteiger partial charge in [-0.3, -0.25) is 0 Å². The minimum absolute atomic E-state index is 0.410. The SMILES string of the molecule is COc1cc(C)ccc1Oc1ccc(CN)c(Cl)c1. The number of hydrogen-bond acceptors (Lipinski definition) is 3. The van der Waals surface area contributed by atoms with Gasteiger partial charge in [0, 0.05) is 11.6 Å². The smallest absolute Gasteiger partial charge is 0.169 e. The molecule has 0 spiro atoms. The number of nitrogens with two attached hydrogens (primary N) is 1. The van der Waals surface area contributed by atoms with Crippen LogP contribution in [0.5, 0.6) is 17.2 Å². The van der Waals surface area contributed by atoms with Gasteiger partial charge in [-0.2, -0.15) is 0 Å². The Labute approximate surface area is 117 Å². The lowest BCUT2D eigenvalue weighted by molar-refractivity contribution is 0.378. The van der Waals surface area contributed by atoms with Crippen molar-refractivity contribution in [1.29, 1.82) is 0 Å². The first-order valence-electron chi connectivity index (χ1n) is 5.95. The van der Waals surface area contributed by atoms with Gasteiger partial charge in [-0.1, -0.05) is 23.7 Å². The summed E-state index contributed by atoms with van der Waals surface area (Å²) in [6.07, 6.45) is 0. The van der Waals surface area contributed by atoms with E-state index in [1.807, 2.05) is 37.3 Å². The third-order valence-electron chi connectivity index (χ3n) is 2.79. The van der Waals surface area contributed by atoms with E-state index in [9.17, 15) is 0 Å². The maximum atomic E-state index is 6.10. The molecular weight excluding hydrogens is 262 g/mol. The van der Waals surface area contributed by atoms with E-state index >= 15 is 0 Å². The van der Waals surface area contributed by atoms with Crippen LogP contribution in [0, 0.1) is 6.92 Å². The maximum absolute atomic E-state index is 6.10. The van der Waals surface area contributed by atoms with Crippen molar-refractivity contribution in [2.24, 2.45) is 5.73 Å². The lowest BCUT2D eigenvalue weighted by atomic mass is 10.2. The summed E-state index contributed by atoms with van der Waals surface area (Å²) in [6, 6.07) is 11.2. The molecule has 0 heterocycles. The molecule has 0 atom stereocenters. The van der Waals surface area contributed by atoms with Crippen molar-refractivity contribution >= 4 is 11.6 Å². The second-order valence-corrected chi connectivity index (χ2v) is 4.62. The van der Waals surface area contributed by atoms with Crippen LogP contribution in [0.4, 0.5) is 0 Å². The minimum atomic E-state index is 0.410. The monoisotopic (exact) mass is 277 g/mol. The quantitative estimate of drug-likeness (QED) is 0.921. The molecular formula is C15H16ClNO2. The van der Waals surface area contributed by atoms with E-state index in [0.717, 1.165) is 11.1 Å². The van der Waals surface area contributed by atoms with Crippen molar-refractivity contribution in [3.05, 3.63) is 52.5 Å². The Balaban J connectivity index is 2.28. The normalized spacial score (nSPS) is 10.3. The molecule has 0 unspecified atom stereocenters. The van der Waals surface area contributed by atoms with Crippen molar-refractivity contribution in [1.82, 2.24) is 0 Å². The zero-order chi connectivity index (χ0) is 13.8. The highest BCUT2D eigenvalue weighted by molar-refractivity contribution is 6.31. The standard InChI is InChI=1S/C15H16ClNO2/c1-10-3-6-14(15(7-10)18-2)19-12-5-4-11(9-17)13(16)8-12/h3-8H,9,17H2,1-2H3. The molecule has 2 aromatic rings. The van der Waals surface area contributed by atoms with Gasteiger partial charge < -0.3 is 15.2 Å². The van der Waals surface area contributed by atoms with Crippen molar-refractivity contribution in [3.63, 3.8) is 0 Å². The van der Waals surface area contributed by atoms with E-state index in [1.54, 1.807) is 13.2 Å². The average molecular weight is 278 g/mol. The van der Waals surface area contributed by atoms with Crippen LogP contribution < -0.4 is 15.2 Å². The number of methoxy groups -OCH3 is 1. The molecule has 0 radical (unpaired) electrons. The van der Waals surface area contributed by atoms with Crippen LogP contribution in [0.1, 0.15) is 11.1 Å². The summed E-state index contributed by atoms with van der Waals surface area (Å²) in [6.45, 7) is 2.41. The molecule has 0 fully saturated rings. The van der Waals surface area contributed by atoms with Gasteiger partial charge in [0.25, 0.3) is 0 Å². The van der Waals surface area contributed by atoms with Gasteiger partial charge in [0.1, 0.15) is 5.75 Å². The van der Waals surface area contributed by atoms with Crippen molar-refractivity contribution in [2.45, 2.75) is 13.5 Å². The number of ether oxygens (including phenoxy) is 2. The Morgan fingerprint density at radius 1 is 1.11 bits per heavy atom. The fourth-order valence-electron chi connectivity index (χ4n) is 1.74. The van der Waals surface area contributed by atoms with E-state index < -0.39 is 0 Å². The summed E-state index contributed by atoms with van der Waals surface area (Å²) in [4.78, 5) is 0. The lowest BCUT2D eigenvalue weighted by Gasteiger charge is -2.12. The molecule has 0 aromatic heterocycles. The third-order valence-corrected chi connectivity index (χ3v) is 3.14.